The third kappa shape index (κ3) is 1.47. The summed E-state index contributed by atoms with van der Waals surface area (Å²) >= 11 is 0. The van der Waals surface area contributed by atoms with Crippen LogP contribution in [0.15, 0.2) is 18.2 Å². The van der Waals surface area contributed by atoms with Gasteiger partial charge in [0.05, 0.1) is 5.56 Å². The standard InChI is InChI=1S/C8H5FO3/c9-6-2-1-5(4-10)7(3-6)8(11)12/h1-4H,(H,11,12). The number of halogens is 1. The van der Waals surface area contributed by atoms with Crippen LogP contribution in [-0.4, -0.2) is 17.4 Å². The summed E-state index contributed by atoms with van der Waals surface area (Å²) < 4.78 is 12.5. The molecule has 3 nitrogen and oxygen atoms in total. The first-order valence-corrected chi connectivity index (χ1v) is 3.13. The zero-order valence-corrected chi connectivity index (χ0v) is 5.95. The van der Waals surface area contributed by atoms with Gasteiger partial charge in [0.2, 0.25) is 0 Å². The normalized spacial score (nSPS) is 9.42. The lowest BCUT2D eigenvalue weighted by molar-refractivity contribution is 0.0693. The number of hydrogen-bond acceptors (Lipinski definition) is 2. The highest BCUT2D eigenvalue weighted by Gasteiger charge is 2.09. The second kappa shape index (κ2) is 3.13. The number of carbonyl (C=O) groups excluding carboxylic acids is 1. The average Bonchev–Trinajstić information content (AvgIpc) is 2.04. The van der Waals surface area contributed by atoms with E-state index in [1.165, 1.54) is 0 Å². The molecule has 0 fully saturated rings. The van der Waals surface area contributed by atoms with Crippen LogP contribution in [0.2, 0.25) is 0 Å². The Kier molecular flexibility index (Phi) is 2.19. The molecule has 0 heterocycles. The topological polar surface area (TPSA) is 54.4 Å². The van der Waals surface area contributed by atoms with Gasteiger partial charge < -0.3 is 5.11 Å². The molecular formula is C8H5FO3. The average molecular weight is 168 g/mol. The number of carbonyl (C=O) groups is 2. The molecule has 4 heteroatoms. The van der Waals surface area contributed by atoms with E-state index in [0.717, 1.165) is 18.2 Å². The lowest BCUT2D eigenvalue weighted by Crippen LogP contribution is -2.02. The summed E-state index contributed by atoms with van der Waals surface area (Å²) in [5, 5.41) is 8.50. The molecule has 62 valence electrons. The Hall–Kier alpha value is -1.71. The molecule has 0 aliphatic heterocycles. The maximum absolute atomic E-state index is 12.5. The molecule has 0 spiro atoms. The van der Waals surface area contributed by atoms with Crippen molar-refractivity contribution in [2.24, 2.45) is 0 Å². The van der Waals surface area contributed by atoms with E-state index in [2.05, 4.69) is 0 Å². The number of benzene rings is 1. The quantitative estimate of drug-likeness (QED) is 0.678. The van der Waals surface area contributed by atoms with Crippen molar-refractivity contribution in [2.75, 3.05) is 0 Å². The fourth-order valence-electron chi connectivity index (χ4n) is 0.816. The summed E-state index contributed by atoms with van der Waals surface area (Å²) in [7, 11) is 0. The molecule has 0 saturated heterocycles. The Balaban J connectivity index is 3.30. The molecule has 0 bridgehead atoms. The Morgan fingerprint density at radius 1 is 1.50 bits per heavy atom. The van der Waals surface area contributed by atoms with Gasteiger partial charge in [0.25, 0.3) is 0 Å². The van der Waals surface area contributed by atoms with Gasteiger partial charge >= 0.3 is 5.97 Å². The minimum Gasteiger partial charge on any atom is -0.478 e. The third-order valence-electron chi connectivity index (χ3n) is 1.37. The van der Waals surface area contributed by atoms with Gasteiger partial charge in [0.15, 0.2) is 6.29 Å². The van der Waals surface area contributed by atoms with Crippen molar-refractivity contribution in [1.82, 2.24) is 0 Å². The number of hydrogen-bond donors (Lipinski definition) is 1. The lowest BCUT2D eigenvalue weighted by Gasteiger charge is -1.97. The summed E-state index contributed by atoms with van der Waals surface area (Å²) in [6.07, 6.45) is 0.378. The first kappa shape index (κ1) is 8.39. The number of carboxylic acids is 1. The smallest absolute Gasteiger partial charge is 0.336 e. The van der Waals surface area contributed by atoms with Gasteiger partial charge in [-0.25, -0.2) is 9.18 Å². The fourth-order valence-corrected chi connectivity index (χ4v) is 0.816. The fraction of sp³-hybridized carbons (Fsp3) is 0. The first-order valence-electron chi connectivity index (χ1n) is 3.13. The second-order valence-electron chi connectivity index (χ2n) is 2.15. The van der Waals surface area contributed by atoms with Crippen LogP contribution in [0, 0.1) is 5.82 Å². The molecule has 1 aromatic carbocycles. The van der Waals surface area contributed by atoms with Crippen LogP contribution in [0.4, 0.5) is 4.39 Å². The van der Waals surface area contributed by atoms with Crippen molar-refractivity contribution < 1.29 is 19.1 Å². The molecule has 0 amide bonds. The van der Waals surface area contributed by atoms with E-state index in [0.29, 0.717) is 6.29 Å². The predicted molar refractivity (Wildman–Crippen MR) is 38.7 cm³/mol. The van der Waals surface area contributed by atoms with Gasteiger partial charge in [-0.1, -0.05) is 0 Å². The van der Waals surface area contributed by atoms with Gasteiger partial charge in [-0.15, -0.1) is 0 Å². The maximum atomic E-state index is 12.5. The minimum absolute atomic E-state index is 0.0242. The molecule has 0 atom stereocenters. The van der Waals surface area contributed by atoms with Gasteiger partial charge in [0, 0.05) is 5.56 Å². The van der Waals surface area contributed by atoms with Gasteiger partial charge in [0.1, 0.15) is 5.82 Å². The lowest BCUT2D eigenvalue weighted by atomic mass is 10.1. The number of aldehydes is 1. The molecule has 0 saturated carbocycles. The van der Waals surface area contributed by atoms with Crippen LogP contribution in [0.3, 0.4) is 0 Å². The van der Waals surface area contributed by atoms with E-state index in [-0.39, 0.29) is 11.1 Å². The molecule has 0 aliphatic carbocycles. The van der Waals surface area contributed by atoms with Gasteiger partial charge in [-0.05, 0) is 18.2 Å². The highest BCUT2D eigenvalue weighted by atomic mass is 19.1. The summed E-state index contributed by atoms with van der Waals surface area (Å²) in [5.74, 6) is -1.98. The van der Waals surface area contributed by atoms with E-state index in [4.69, 9.17) is 5.11 Å². The van der Waals surface area contributed by atoms with Crippen molar-refractivity contribution in [1.29, 1.82) is 0 Å². The molecule has 0 aliphatic rings. The number of aromatic carboxylic acids is 1. The van der Waals surface area contributed by atoms with Crippen LogP contribution in [0.5, 0.6) is 0 Å². The largest absolute Gasteiger partial charge is 0.478 e. The zero-order valence-electron chi connectivity index (χ0n) is 5.95. The molecule has 1 rings (SSSR count). The summed E-state index contributed by atoms with van der Waals surface area (Å²) in [6, 6.07) is 2.98. The SMILES string of the molecule is O=Cc1ccc(F)cc1C(=O)O. The van der Waals surface area contributed by atoms with E-state index < -0.39 is 11.8 Å². The highest BCUT2D eigenvalue weighted by molar-refractivity contribution is 5.97. The van der Waals surface area contributed by atoms with Crippen molar-refractivity contribution >= 4 is 12.3 Å². The van der Waals surface area contributed by atoms with E-state index in [9.17, 15) is 14.0 Å². The number of rotatable bonds is 2. The van der Waals surface area contributed by atoms with Crippen LogP contribution in [0.25, 0.3) is 0 Å². The Labute approximate surface area is 67.4 Å². The predicted octanol–water partition coefficient (Wildman–Crippen LogP) is 1.34. The van der Waals surface area contributed by atoms with E-state index in [1.807, 2.05) is 0 Å². The number of carboxylic acid groups (broad SMARTS) is 1. The summed E-state index contributed by atoms with van der Waals surface area (Å²) in [4.78, 5) is 20.7. The van der Waals surface area contributed by atoms with Crippen LogP contribution in [0.1, 0.15) is 20.7 Å². The molecule has 0 aromatic heterocycles. The molecule has 1 N–H and O–H groups in total. The van der Waals surface area contributed by atoms with Crippen molar-refractivity contribution in [2.45, 2.75) is 0 Å². The second-order valence-corrected chi connectivity index (χ2v) is 2.15. The van der Waals surface area contributed by atoms with Crippen molar-refractivity contribution in [3.63, 3.8) is 0 Å². The minimum atomic E-state index is -1.31. The molecule has 0 radical (unpaired) electrons. The highest BCUT2D eigenvalue weighted by Crippen LogP contribution is 2.08. The van der Waals surface area contributed by atoms with Crippen LogP contribution < -0.4 is 0 Å². The van der Waals surface area contributed by atoms with Crippen molar-refractivity contribution in [3.8, 4) is 0 Å². The Morgan fingerprint density at radius 3 is 2.67 bits per heavy atom. The van der Waals surface area contributed by atoms with Crippen LogP contribution >= 0.6 is 0 Å². The van der Waals surface area contributed by atoms with Gasteiger partial charge in [-0.3, -0.25) is 4.79 Å². The van der Waals surface area contributed by atoms with E-state index >= 15 is 0 Å². The van der Waals surface area contributed by atoms with Crippen molar-refractivity contribution in [3.05, 3.63) is 35.1 Å². The Bertz CT molecular complexity index is 333. The maximum Gasteiger partial charge on any atom is 0.336 e. The molecule has 12 heavy (non-hydrogen) atoms. The van der Waals surface area contributed by atoms with Crippen LogP contribution in [-0.2, 0) is 0 Å². The third-order valence-corrected chi connectivity index (χ3v) is 1.37. The summed E-state index contributed by atoms with van der Waals surface area (Å²) in [5.41, 5.74) is -0.339. The molecule has 1 aromatic rings. The first-order chi connectivity index (χ1) is 5.65. The Morgan fingerprint density at radius 2 is 2.17 bits per heavy atom. The molecular weight excluding hydrogens is 163 g/mol. The monoisotopic (exact) mass is 168 g/mol. The molecule has 0 unspecified atom stereocenters. The van der Waals surface area contributed by atoms with E-state index in [1.54, 1.807) is 0 Å². The summed E-state index contributed by atoms with van der Waals surface area (Å²) in [6.45, 7) is 0. The zero-order chi connectivity index (χ0) is 9.14. The van der Waals surface area contributed by atoms with Gasteiger partial charge in [-0.2, -0.15) is 0 Å².